The molecule has 8 aliphatic rings. The molecule has 5 aliphatic carbocycles. The molecule has 394 valence electrons. The minimum atomic E-state index is -2.07. The Morgan fingerprint density at radius 3 is 1.81 bits per heavy atom. The van der Waals surface area contributed by atoms with E-state index in [9.17, 15) is 76.0 Å². The summed E-state index contributed by atoms with van der Waals surface area (Å²) < 4.78 is 34.6. The van der Waals surface area contributed by atoms with Crippen molar-refractivity contribution < 1.29 is 104 Å². The summed E-state index contributed by atoms with van der Waals surface area (Å²) in [4.78, 5) is 27.3. The summed E-state index contributed by atoms with van der Waals surface area (Å²) in [7, 11) is 0. The number of carbonyl (C=O) groups excluding carboxylic acids is 1. The number of esters is 1. The molecule has 0 radical (unpaired) electrons. The lowest BCUT2D eigenvalue weighted by molar-refractivity contribution is -0.369. The van der Waals surface area contributed by atoms with Crippen LogP contribution in [0.15, 0.2) is 11.6 Å². The predicted octanol–water partition coefficient (Wildman–Crippen LogP) is -1.82. The van der Waals surface area contributed by atoms with Crippen LogP contribution < -0.4 is 0 Å². The summed E-state index contributed by atoms with van der Waals surface area (Å²) in [6.45, 7) is 10.9. The van der Waals surface area contributed by atoms with Crippen molar-refractivity contribution in [1.29, 1.82) is 0 Å². The number of carboxylic acid groups (broad SMARTS) is 1. The Morgan fingerprint density at radius 2 is 1.22 bits per heavy atom. The Morgan fingerprint density at radius 1 is 0.652 bits per heavy atom. The van der Waals surface area contributed by atoms with Gasteiger partial charge in [-0.1, -0.05) is 53.2 Å². The molecule has 7 fully saturated rings. The molecule has 0 amide bonds. The standard InChI is InChI=1S/C48H76O21/c1-43(2)11-13-48(42(63)69-40-33(59)30(56)28(54)24(18-50)65-40)14-12-46(5)20(21(48)15-43)7-8-26-44(3)16-22(52)37(45(4,19-51)25(44)9-10-47(26,46)6)68-41-34(60)31(57)35(36(67-41)38(61)62)66-39-32(58)29(55)27(53)23(17-49)64-39/h7,21-37,39-41,49-60H,8-19H2,1-6H3,(H,61,62). The topological polar surface area (TPSA) is 353 Å². The SMILES string of the molecule is CC1(C)CCC2(C(=O)OC3OC(CO)C(O)C(O)C3O)CCC3(C)C(=CCC4C5(C)CC(O)C(OC6OC(C(=O)O)C(OC7OC(CO)C(O)C(O)C7O)C(O)C6O)C(C)(CO)C5CCC43C)C2C1. The third-order valence-electron chi connectivity index (χ3n) is 19.4. The monoisotopic (exact) mass is 988 g/mol. The molecule has 21 nitrogen and oxygen atoms in total. The van der Waals surface area contributed by atoms with Crippen LogP contribution in [0.2, 0.25) is 0 Å². The van der Waals surface area contributed by atoms with Crippen molar-refractivity contribution in [2.24, 2.45) is 50.2 Å². The second-order valence-corrected chi connectivity index (χ2v) is 23.5. The van der Waals surface area contributed by atoms with Gasteiger partial charge >= 0.3 is 11.9 Å². The van der Waals surface area contributed by atoms with Crippen molar-refractivity contribution in [3.05, 3.63) is 11.6 Å². The molecule has 0 bridgehead atoms. The Labute approximate surface area is 400 Å². The van der Waals surface area contributed by atoms with Crippen molar-refractivity contribution in [3.8, 4) is 0 Å². The van der Waals surface area contributed by atoms with Crippen LogP contribution in [0, 0.1) is 50.2 Å². The highest BCUT2D eigenvalue weighted by Crippen LogP contribution is 2.76. The number of aliphatic hydroxyl groups is 12. The smallest absolute Gasteiger partial charge is 0.335 e. The van der Waals surface area contributed by atoms with Crippen LogP contribution in [0.25, 0.3) is 0 Å². The molecular formula is C48H76O21. The molecule has 0 aromatic carbocycles. The van der Waals surface area contributed by atoms with Gasteiger partial charge in [0.1, 0.15) is 67.1 Å². The number of carboxylic acids is 1. The zero-order valence-corrected chi connectivity index (χ0v) is 40.2. The van der Waals surface area contributed by atoms with Crippen LogP contribution in [-0.2, 0) is 38.0 Å². The largest absolute Gasteiger partial charge is 0.479 e. The first-order chi connectivity index (χ1) is 32.2. The molecule has 0 aromatic heterocycles. The quantitative estimate of drug-likeness (QED) is 0.0651. The van der Waals surface area contributed by atoms with Crippen molar-refractivity contribution >= 4 is 11.9 Å². The van der Waals surface area contributed by atoms with E-state index in [1.165, 1.54) is 0 Å². The molecule has 4 saturated carbocycles. The average Bonchev–Trinajstić information content (AvgIpc) is 3.29. The zero-order valence-electron chi connectivity index (χ0n) is 40.2. The van der Waals surface area contributed by atoms with E-state index in [2.05, 4.69) is 40.7 Å². The highest BCUT2D eigenvalue weighted by atomic mass is 16.8. The number of rotatable bonds is 10. The predicted molar refractivity (Wildman–Crippen MR) is 234 cm³/mol. The first-order valence-electron chi connectivity index (χ1n) is 24.6. The Bertz CT molecular complexity index is 1930. The fourth-order valence-electron chi connectivity index (χ4n) is 15.2. The van der Waals surface area contributed by atoms with Crippen LogP contribution >= 0.6 is 0 Å². The summed E-state index contributed by atoms with van der Waals surface area (Å²) in [5.74, 6) is -2.85. The summed E-state index contributed by atoms with van der Waals surface area (Å²) in [6, 6.07) is 0. The van der Waals surface area contributed by atoms with Crippen molar-refractivity contribution in [1.82, 2.24) is 0 Å². The number of hydrogen-bond acceptors (Lipinski definition) is 20. The molecule has 13 N–H and O–H groups in total. The number of aliphatic hydroxyl groups excluding tert-OH is 12. The third-order valence-corrected chi connectivity index (χ3v) is 19.4. The Hall–Kier alpha value is -2.00. The van der Waals surface area contributed by atoms with E-state index in [0.717, 1.165) is 12.0 Å². The Balaban J connectivity index is 1.04. The minimum Gasteiger partial charge on any atom is -0.479 e. The molecule has 3 aliphatic heterocycles. The van der Waals surface area contributed by atoms with Gasteiger partial charge in [0.25, 0.3) is 0 Å². The van der Waals surface area contributed by atoms with E-state index < -0.39 is 163 Å². The number of allylic oxidation sites excluding steroid dienone is 2. The normalized spacial score (nSPS) is 53.9. The van der Waals surface area contributed by atoms with Crippen molar-refractivity contribution in [2.45, 2.75) is 204 Å². The van der Waals surface area contributed by atoms with Gasteiger partial charge in [0.05, 0.1) is 37.4 Å². The molecule has 3 saturated heterocycles. The third kappa shape index (κ3) is 8.25. The van der Waals surface area contributed by atoms with Crippen LogP contribution in [0.3, 0.4) is 0 Å². The average molecular weight is 989 g/mol. The Kier molecular flexibility index (Phi) is 14.5. The van der Waals surface area contributed by atoms with Crippen molar-refractivity contribution in [3.63, 3.8) is 0 Å². The molecule has 69 heavy (non-hydrogen) atoms. The van der Waals surface area contributed by atoms with E-state index in [0.29, 0.717) is 44.9 Å². The lowest BCUT2D eigenvalue weighted by Crippen LogP contribution is -2.70. The first-order valence-corrected chi connectivity index (χ1v) is 24.6. The number of carbonyl (C=O) groups is 2. The molecule has 8 rings (SSSR count). The van der Waals surface area contributed by atoms with Gasteiger partial charge in [0, 0.05) is 5.41 Å². The molecule has 25 atom stereocenters. The maximum atomic E-state index is 14.7. The molecule has 0 spiro atoms. The van der Waals surface area contributed by atoms with Gasteiger partial charge in [-0.3, -0.25) is 4.79 Å². The van der Waals surface area contributed by atoms with Gasteiger partial charge in [0.2, 0.25) is 6.29 Å². The van der Waals surface area contributed by atoms with E-state index in [1.807, 2.05) is 0 Å². The molecule has 3 heterocycles. The van der Waals surface area contributed by atoms with Crippen LogP contribution in [-0.4, -0.2) is 202 Å². The van der Waals surface area contributed by atoms with E-state index in [4.69, 9.17) is 28.4 Å². The number of aliphatic carboxylic acids is 1. The van der Waals surface area contributed by atoms with Crippen LogP contribution in [0.1, 0.15) is 99.3 Å². The van der Waals surface area contributed by atoms with Crippen LogP contribution in [0.4, 0.5) is 0 Å². The van der Waals surface area contributed by atoms with Crippen molar-refractivity contribution in [2.75, 3.05) is 19.8 Å². The fraction of sp³-hybridized carbons (Fsp3) is 0.917. The maximum Gasteiger partial charge on any atom is 0.335 e. The molecule has 21 heteroatoms. The number of hydrogen-bond donors (Lipinski definition) is 13. The van der Waals surface area contributed by atoms with Gasteiger partial charge in [-0.2, -0.15) is 0 Å². The second kappa shape index (κ2) is 18.7. The molecule has 0 aromatic rings. The summed E-state index contributed by atoms with van der Waals surface area (Å²) >= 11 is 0. The lowest BCUT2D eigenvalue weighted by atomic mass is 9.33. The second-order valence-electron chi connectivity index (χ2n) is 23.5. The summed E-state index contributed by atoms with van der Waals surface area (Å²) in [5, 5.41) is 139. The number of fused-ring (bicyclic) bond motifs is 7. The maximum absolute atomic E-state index is 14.7. The lowest BCUT2D eigenvalue weighted by Gasteiger charge is -2.71. The van der Waals surface area contributed by atoms with Gasteiger partial charge in [-0.15, -0.1) is 0 Å². The fourth-order valence-corrected chi connectivity index (χ4v) is 15.2. The van der Waals surface area contributed by atoms with Gasteiger partial charge < -0.3 is 94.8 Å². The van der Waals surface area contributed by atoms with E-state index in [-0.39, 0.29) is 29.6 Å². The summed E-state index contributed by atoms with van der Waals surface area (Å²) in [6.07, 6.45) is -22.0. The van der Waals surface area contributed by atoms with E-state index in [1.54, 1.807) is 6.92 Å². The first kappa shape index (κ1) is 53.3. The summed E-state index contributed by atoms with van der Waals surface area (Å²) in [5.41, 5.74) is -2.65. The van der Waals surface area contributed by atoms with Crippen LogP contribution in [0.5, 0.6) is 0 Å². The van der Waals surface area contributed by atoms with E-state index >= 15 is 0 Å². The van der Waals surface area contributed by atoms with Gasteiger partial charge in [-0.05, 0) is 97.2 Å². The zero-order chi connectivity index (χ0) is 50.7. The number of ether oxygens (including phenoxy) is 6. The molecule has 25 unspecified atom stereocenters. The van der Waals surface area contributed by atoms with Gasteiger partial charge in [0.15, 0.2) is 18.7 Å². The van der Waals surface area contributed by atoms with Gasteiger partial charge in [-0.25, -0.2) is 4.79 Å². The molecular weight excluding hydrogens is 913 g/mol. The minimum absolute atomic E-state index is 0.0563. The highest BCUT2D eigenvalue weighted by Gasteiger charge is 2.72. The highest BCUT2D eigenvalue weighted by molar-refractivity contribution is 5.79.